The third kappa shape index (κ3) is 2.86. The minimum absolute atomic E-state index is 0.0817. The Balaban J connectivity index is 1.88. The normalized spacial score (nSPS) is 34.4. The van der Waals surface area contributed by atoms with Crippen LogP contribution in [0.3, 0.4) is 0 Å². The predicted octanol–water partition coefficient (Wildman–Crippen LogP) is 1.70. The molecule has 1 saturated heterocycles. The lowest BCUT2D eigenvalue weighted by Crippen LogP contribution is -2.63. The molecular formula is C15H26N2O4. The molecule has 1 aliphatic heterocycles. The van der Waals surface area contributed by atoms with Crippen molar-refractivity contribution in [2.45, 2.75) is 52.7 Å². The number of hydrogen-bond acceptors (Lipinski definition) is 3. The van der Waals surface area contributed by atoms with E-state index in [9.17, 15) is 14.7 Å². The van der Waals surface area contributed by atoms with Crippen LogP contribution in [0, 0.1) is 10.8 Å². The Morgan fingerprint density at radius 2 is 2.05 bits per heavy atom. The van der Waals surface area contributed by atoms with Gasteiger partial charge >= 0.3 is 12.0 Å². The number of aliphatic carboxylic acids is 1. The molecule has 21 heavy (non-hydrogen) atoms. The highest BCUT2D eigenvalue weighted by Gasteiger charge is 2.50. The van der Waals surface area contributed by atoms with Crippen molar-refractivity contribution >= 4 is 12.0 Å². The van der Waals surface area contributed by atoms with Gasteiger partial charge in [-0.15, -0.1) is 0 Å². The van der Waals surface area contributed by atoms with Gasteiger partial charge in [-0.2, -0.15) is 0 Å². The molecule has 0 aromatic heterocycles. The first kappa shape index (κ1) is 16.1. The Morgan fingerprint density at radius 3 is 2.52 bits per heavy atom. The van der Waals surface area contributed by atoms with Crippen LogP contribution < -0.4 is 5.32 Å². The monoisotopic (exact) mass is 298 g/mol. The lowest BCUT2D eigenvalue weighted by atomic mass is 9.64. The second kappa shape index (κ2) is 5.48. The fraction of sp³-hybridized carbons (Fsp3) is 0.867. The fourth-order valence-electron chi connectivity index (χ4n) is 3.16. The van der Waals surface area contributed by atoms with E-state index < -0.39 is 11.4 Å². The van der Waals surface area contributed by atoms with Gasteiger partial charge in [-0.1, -0.05) is 13.8 Å². The summed E-state index contributed by atoms with van der Waals surface area (Å²) in [4.78, 5) is 25.1. The second-order valence-electron chi connectivity index (χ2n) is 7.04. The van der Waals surface area contributed by atoms with Crippen molar-refractivity contribution in [2.24, 2.45) is 10.8 Å². The number of carbonyl (C=O) groups is 2. The van der Waals surface area contributed by atoms with Gasteiger partial charge in [0.15, 0.2) is 0 Å². The van der Waals surface area contributed by atoms with Gasteiger partial charge in [0, 0.05) is 31.2 Å². The molecule has 2 fully saturated rings. The van der Waals surface area contributed by atoms with E-state index in [1.807, 2.05) is 6.92 Å². The Hall–Kier alpha value is -1.30. The van der Waals surface area contributed by atoms with Gasteiger partial charge in [0.1, 0.15) is 0 Å². The van der Waals surface area contributed by atoms with E-state index in [0.29, 0.717) is 19.6 Å². The maximum atomic E-state index is 12.3. The molecule has 6 nitrogen and oxygen atoms in total. The van der Waals surface area contributed by atoms with E-state index in [0.717, 1.165) is 6.42 Å². The lowest BCUT2D eigenvalue weighted by Gasteiger charge is -2.51. The highest BCUT2D eigenvalue weighted by Crippen LogP contribution is 2.43. The maximum absolute atomic E-state index is 12.3. The summed E-state index contributed by atoms with van der Waals surface area (Å²) < 4.78 is 5.65. The van der Waals surface area contributed by atoms with Crippen LogP contribution >= 0.6 is 0 Å². The van der Waals surface area contributed by atoms with E-state index >= 15 is 0 Å². The van der Waals surface area contributed by atoms with Crippen LogP contribution in [-0.4, -0.2) is 53.8 Å². The van der Waals surface area contributed by atoms with E-state index in [1.165, 1.54) is 0 Å². The first-order valence-electron chi connectivity index (χ1n) is 7.61. The third-order valence-corrected chi connectivity index (χ3v) is 5.12. The molecule has 0 bridgehead atoms. The molecule has 2 amide bonds. The van der Waals surface area contributed by atoms with Gasteiger partial charge < -0.3 is 20.1 Å². The van der Waals surface area contributed by atoms with Crippen molar-refractivity contribution in [3.63, 3.8) is 0 Å². The summed E-state index contributed by atoms with van der Waals surface area (Å²) in [5.74, 6) is -0.835. The maximum Gasteiger partial charge on any atom is 0.317 e. The van der Waals surface area contributed by atoms with E-state index in [-0.39, 0.29) is 30.1 Å². The number of ether oxygens (including phenoxy) is 1. The van der Waals surface area contributed by atoms with E-state index in [1.54, 1.807) is 11.8 Å². The number of urea groups is 1. The van der Waals surface area contributed by atoms with Crippen molar-refractivity contribution in [1.29, 1.82) is 0 Å². The molecule has 2 N–H and O–H groups in total. The predicted molar refractivity (Wildman–Crippen MR) is 78.1 cm³/mol. The number of likely N-dealkylation sites (tertiary alicyclic amines) is 1. The number of hydrogen-bond donors (Lipinski definition) is 2. The van der Waals surface area contributed by atoms with Crippen molar-refractivity contribution < 1.29 is 19.4 Å². The van der Waals surface area contributed by atoms with E-state index in [2.05, 4.69) is 19.2 Å². The lowest BCUT2D eigenvalue weighted by molar-refractivity contribution is -0.147. The number of rotatable bonds is 4. The zero-order chi connectivity index (χ0) is 15.8. The largest absolute Gasteiger partial charge is 0.481 e. The zero-order valence-corrected chi connectivity index (χ0v) is 13.3. The number of nitrogens with zero attached hydrogens (tertiary/aromatic N) is 1. The van der Waals surface area contributed by atoms with Crippen LogP contribution in [0.25, 0.3) is 0 Å². The van der Waals surface area contributed by atoms with E-state index in [4.69, 9.17) is 4.74 Å². The van der Waals surface area contributed by atoms with Crippen LogP contribution in [0.4, 0.5) is 4.79 Å². The Bertz CT molecular complexity index is 437. The van der Waals surface area contributed by atoms with Crippen LogP contribution in [0.5, 0.6) is 0 Å². The molecule has 120 valence electrons. The van der Waals surface area contributed by atoms with Crippen molar-refractivity contribution in [3.8, 4) is 0 Å². The first-order valence-corrected chi connectivity index (χ1v) is 7.61. The topological polar surface area (TPSA) is 78.9 Å². The summed E-state index contributed by atoms with van der Waals surface area (Å²) in [5.41, 5.74) is -0.901. The molecule has 2 aliphatic rings. The summed E-state index contributed by atoms with van der Waals surface area (Å²) in [7, 11) is 0. The number of amides is 2. The minimum atomic E-state index is -0.835. The molecule has 0 radical (unpaired) electrons. The van der Waals surface area contributed by atoms with Crippen LogP contribution in [0.15, 0.2) is 0 Å². The molecule has 2 rings (SSSR count). The van der Waals surface area contributed by atoms with Crippen LogP contribution in [0.2, 0.25) is 0 Å². The first-order chi connectivity index (χ1) is 9.70. The van der Waals surface area contributed by atoms with Gasteiger partial charge in [0.2, 0.25) is 0 Å². The van der Waals surface area contributed by atoms with Crippen LogP contribution in [0.1, 0.15) is 40.5 Å². The summed E-state index contributed by atoms with van der Waals surface area (Å²) >= 11 is 0. The molecule has 1 saturated carbocycles. The molecule has 6 heteroatoms. The highest BCUT2D eigenvalue weighted by molar-refractivity contribution is 5.79. The fourth-order valence-corrected chi connectivity index (χ4v) is 3.16. The third-order valence-electron chi connectivity index (χ3n) is 5.12. The summed E-state index contributed by atoms with van der Waals surface area (Å²) in [6, 6.07) is -0.0776. The number of carboxylic acid groups (broad SMARTS) is 1. The molecule has 0 aromatic carbocycles. The standard InChI is InChI=1S/C15H26N2O4/c1-5-21-11-8-10(14(11,2)3)16-13(20)17-7-6-15(4,9-17)12(18)19/h10-11H,5-9H2,1-4H3,(H,16,20)(H,18,19). The summed E-state index contributed by atoms with van der Waals surface area (Å²) in [5, 5.41) is 12.2. The number of carbonyl (C=O) groups excluding carboxylic acids is 1. The Kier molecular flexibility index (Phi) is 4.19. The molecule has 3 unspecified atom stereocenters. The van der Waals surface area contributed by atoms with Crippen LogP contribution in [-0.2, 0) is 9.53 Å². The summed E-state index contributed by atoms with van der Waals surface area (Å²) in [6.07, 6.45) is 1.50. The van der Waals surface area contributed by atoms with Crippen molar-refractivity contribution in [3.05, 3.63) is 0 Å². The molecular weight excluding hydrogens is 272 g/mol. The van der Waals surface area contributed by atoms with Gasteiger partial charge in [0.25, 0.3) is 0 Å². The average Bonchev–Trinajstić information content (AvgIpc) is 2.82. The van der Waals surface area contributed by atoms with Gasteiger partial charge in [-0.3, -0.25) is 4.79 Å². The Labute approximate surface area is 125 Å². The van der Waals surface area contributed by atoms with Gasteiger partial charge in [-0.25, -0.2) is 4.79 Å². The van der Waals surface area contributed by atoms with Crippen molar-refractivity contribution in [1.82, 2.24) is 10.2 Å². The zero-order valence-electron chi connectivity index (χ0n) is 13.3. The van der Waals surface area contributed by atoms with Gasteiger partial charge in [-0.05, 0) is 26.7 Å². The smallest absolute Gasteiger partial charge is 0.317 e. The molecule has 1 heterocycles. The van der Waals surface area contributed by atoms with Crippen molar-refractivity contribution in [2.75, 3.05) is 19.7 Å². The number of carboxylic acids is 1. The molecule has 1 aliphatic carbocycles. The Morgan fingerprint density at radius 1 is 1.38 bits per heavy atom. The number of nitrogens with one attached hydrogen (secondary N) is 1. The second-order valence-corrected chi connectivity index (χ2v) is 7.04. The molecule has 0 spiro atoms. The quantitative estimate of drug-likeness (QED) is 0.828. The molecule has 3 atom stereocenters. The van der Waals surface area contributed by atoms with Gasteiger partial charge in [0.05, 0.1) is 11.5 Å². The highest BCUT2D eigenvalue weighted by atomic mass is 16.5. The molecule has 0 aromatic rings. The summed E-state index contributed by atoms with van der Waals surface area (Å²) in [6.45, 7) is 9.30. The minimum Gasteiger partial charge on any atom is -0.481 e. The SMILES string of the molecule is CCOC1CC(NC(=O)N2CCC(C)(C(=O)O)C2)C1(C)C. The average molecular weight is 298 g/mol.